The molecule has 1 aromatic carbocycles. The van der Waals surface area contributed by atoms with Gasteiger partial charge >= 0.3 is 5.97 Å². The molecule has 1 aliphatic heterocycles. The average molecular weight is 368 g/mol. The molecule has 8 heteroatoms. The Morgan fingerprint density at radius 2 is 1.96 bits per heavy atom. The summed E-state index contributed by atoms with van der Waals surface area (Å²) in [5, 5.41) is 12.5. The van der Waals surface area contributed by atoms with Crippen molar-refractivity contribution < 1.29 is 23.1 Å². The number of ether oxygens (including phenoxy) is 1. The van der Waals surface area contributed by atoms with Gasteiger partial charge in [0, 0.05) is 19.2 Å². The quantitative estimate of drug-likeness (QED) is 0.681. The van der Waals surface area contributed by atoms with Crippen LogP contribution in [-0.2, 0) is 14.8 Å². The number of anilines is 1. The van der Waals surface area contributed by atoms with E-state index in [2.05, 4.69) is 10.0 Å². The minimum absolute atomic E-state index is 0.0164. The molecule has 1 aliphatic carbocycles. The molecule has 3 rings (SSSR count). The first-order valence-corrected chi connectivity index (χ1v) is 10.2. The number of nitrogens with one attached hydrogen (secondary N) is 2. The fourth-order valence-electron chi connectivity index (χ4n) is 3.37. The number of aromatic carboxylic acids is 1. The van der Waals surface area contributed by atoms with Crippen molar-refractivity contribution in [3.63, 3.8) is 0 Å². The zero-order chi connectivity index (χ0) is 17.9. The molecule has 7 nitrogen and oxygen atoms in total. The number of carbonyl (C=O) groups is 1. The van der Waals surface area contributed by atoms with E-state index in [9.17, 15) is 18.3 Å². The van der Waals surface area contributed by atoms with Crippen LogP contribution in [0.5, 0.6) is 0 Å². The molecule has 25 heavy (non-hydrogen) atoms. The molecule has 0 unspecified atom stereocenters. The zero-order valence-corrected chi connectivity index (χ0v) is 14.8. The summed E-state index contributed by atoms with van der Waals surface area (Å²) >= 11 is 0. The minimum atomic E-state index is -3.83. The van der Waals surface area contributed by atoms with Gasteiger partial charge in [0.05, 0.1) is 17.4 Å². The zero-order valence-electron chi connectivity index (χ0n) is 14.0. The Morgan fingerprint density at radius 1 is 1.20 bits per heavy atom. The first kappa shape index (κ1) is 18.2. The third-order valence-corrected chi connectivity index (χ3v) is 6.22. The van der Waals surface area contributed by atoms with Crippen LogP contribution in [0.15, 0.2) is 23.1 Å². The SMILES string of the molecule is O=C(O)c1ccc(NC2CCCC2)c(S(=O)(=O)NC[C@H]2CCCO2)c1. The topological polar surface area (TPSA) is 105 Å². The summed E-state index contributed by atoms with van der Waals surface area (Å²) in [6.07, 6.45) is 5.84. The predicted molar refractivity (Wildman–Crippen MR) is 93.4 cm³/mol. The molecule has 0 spiro atoms. The Morgan fingerprint density at radius 3 is 2.60 bits per heavy atom. The molecule has 138 valence electrons. The van der Waals surface area contributed by atoms with Crippen LogP contribution in [0.2, 0.25) is 0 Å². The van der Waals surface area contributed by atoms with Gasteiger partial charge in [-0.15, -0.1) is 0 Å². The maximum absolute atomic E-state index is 12.8. The highest BCUT2D eigenvalue weighted by Crippen LogP contribution is 2.28. The van der Waals surface area contributed by atoms with E-state index in [-0.39, 0.29) is 29.1 Å². The average Bonchev–Trinajstić information content (AvgIpc) is 3.26. The van der Waals surface area contributed by atoms with Crippen molar-refractivity contribution in [3.05, 3.63) is 23.8 Å². The van der Waals surface area contributed by atoms with E-state index in [1.807, 2.05) is 0 Å². The molecule has 0 amide bonds. The van der Waals surface area contributed by atoms with Crippen LogP contribution in [-0.4, -0.2) is 44.8 Å². The van der Waals surface area contributed by atoms with Crippen LogP contribution in [0.3, 0.4) is 0 Å². The molecule has 0 aromatic heterocycles. The van der Waals surface area contributed by atoms with Gasteiger partial charge in [0.15, 0.2) is 0 Å². The third kappa shape index (κ3) is 4.50. The normalized spacial score (nSPS) is 21.5. The van der Waals surface area contributed by atoms with Gasteiger partial charge in [-0.05, 0) is 43.9 Å². The molecular formula is C17H24N2O5S. The molecular weight excluding hydrogens is 344 g/mol. The Hall–Kier alpha value is -1.64. The van der Waals surface area contributed by atoms with Crippen LogP contribution in [0.4, 0.5) is 5.69 Å². The minimum Gasteiger partial charge on any atom is -0.478 e. The smallest absolute Gasteiger partial charge is 0.335 e. The lowest BCUT2D eigenvalue weighted by Crippen LogP contribution is -2.32. The van der Waals surface area contributed by atoms with Gasteiger partial charge in [0.25, 0.3) is 0 Å². The first-order chi connectivity index (χ1) is 12.0. The Labute approximate surface area is 147 Å². The second kappa shape index (κ2) is 7.72. The molecule has 2 aliphatic rings. The lowest BCUT2D eigenvalue weighted by molar-refractivity contribution is 0.0696. The van der Waals surface area contributed by atoms with E-state index < -0.39 is 16.0 Å². The highest BCUT2D eigenvalue weighted by atomic mass is 32.2. The lowest BCUT2D eigenvalue weighted by atomic mass is 10.2. The van der Waals surface area contributed by atoms with Crippen molar-refractivity contribution in [2.45, 2.75) is 55.6 Å². The number of sulfonamides is 1. The second-order valence-corrected chi connectivity index (χ2v) is 8.36. The maximum Gasteiger partial charge on any atom is 0.335 e. The fourth-order valence-corrected chi connectivity index (χ4v) is 4.63. The standard InChI is InChI=1S/C17H24N2O5S/c20-17(21)12-7-8-15(19-13-4-1-2-5-13)16(10-12)25(22,23)18-11-14-6-3-9-24-14/h7-8,10,13-14,18-19H,1-6,9,11H2,(H,20,21)/t14-/m1/s1. The van der Waals surface area contributed by atoms with Crippen LogP contribution in [0.25, 0.3) is 0 Å². The molecule has 0 radical (unpaired) electrons. The highest BCUT2D eigenvalue weighted by molar-refractivity contribution is 7.89. The van der Waals surface area contributed by atoms with Crippen LogP contribution in [0.1, 0.15) is 48.9 Å². The second-order valence-electron chi connectivity index (χ2n) is 6.63. The van der Waals surface area contributed by atoms with Gasteiger partial charge in [-0.3, -0.25) is 0 Å². The van der Waals surface area contributed by atoms with Crippen molar-refractivity contribution in [3.8, 4) is 0 Å². The van der Waals surface area contributed by atoms with E-state index in [1.54, 1.807) is 6.07 Å². The Bertz CT molecular complexity index is 723. The van der Waals surface area contributed by atoms with Crippen molar-refractivity contribution >= 4 is 21.7 Å². The number of carboxylic acids is 1. The molecule has 1 atom stereocenters. The third-order valence-electron chi connectivity index (χ3n) is 4.76. The molecule has 3 N–H and O–H groups in total. The predicted octanol–water partition coefficient (Wildman–Crippen LogP) is 2.20. The summed E-state index contributed by atoms with van der Waals surface area (Å²) in [4.78, 5) is 11.2. The summed E-state index contributed by atoms with van der Waals surface area (Å²) in [5.74, 6) is -1.15. The Kier molecular flexibility index (Phi) is 5.61. The Balaban J connectivity index is 1.83. The van der Waals surface area contributed by atoms with Crippen molar-refractivity contribution in [1.29, 1.82) is 0 Å². The number of benzene rings is 1. The molecule has 0 bridgehead atoms. The van der Waals surface area contributed by atoms with E-state index in [0.717, 1.165) is 38.5 Å². The van der Waals surface area contributed by atoms with Gasteiger partial charge in [-0.2, -0.15) is 0 Å². The van der Waals surface area contributed by atoms with Crippen molar-refractivity contribution in [2.75, 3.05) is 18.5 Å². The van der Waals surface area contributed by atoms with Crippen molar-refractivity contribution in [2.24, 2.45) is 0 Å². The van der Waals surface area contributed by atoms with E-state index in [4.69, 9.17) is 4.74 Å². The monoisotopic (exact) mass is 368 g/mol. The molecule has 1 aromatic rings. The summed E-state index contributed by atoms with van der Waals surface area (Å²) in [7, 11) is -3.83. The molecule has 2 fully saturated rings. The lowest BCUT2D eigenvalue weighted by Gasteiger charge is -2.19. The number of hydrogen-bond donors (Lipinski definition) is 3. The molecule has 1 heterocycles. The van der Waals surface area contributed by atoms with Crippen LogP contribution < -0.4 is 10.0 Å². The highest BCUT2D eigenvalue weighted by Gasteiger charge is 2.25. The summed E-state index contributed by atoms with van der Waals surface area (Å²) in [6.45, 7) is 0.845. The summed E-state index contributed by atoms with van der Waals surface area (Å²) in [6, 6.07) is 4.42. The molecule has 1 saturated carbocycles. The van der Waals surface area contributed by atoms with Crippen LogP contribution >= 0.6 is 0 Å². The van der Waals surface area contributed by atoms with E-state index >= 15 is 0 Å². The number of carboxylic acid groups (broad SMARTS) is 1. The fraction of sp³-hybridized carbons (Fsp3) is 0.588. The summed E-state index contributed by atoms with van der Waals surface area (Å²) in [5.41, 5.74) is 0.409. The van der Waals surface area contributed by atoms with E-state index in [1.165, 1.54) is 12.1 Å². The number of hydrogen-bond acceptors (Lipinski definition) is 5. The van der Waals surface area contributed by atoms with Gasteiger partial charge in [-0.25, -0.2) is 17.9 Å². The van der Waals surface area contributed by atoms with Gasteiger partial charge < -0.3 is 15.2 Å². The maximum atomic E-state index is 12.8. The van der Waals surface area contributed by atoms with Crippen LogP contribution in [0, 0.1) is 0 Å². The first-order valence-electron chi connectivity index (χ1n) is 8.71. The number of rotatable bonds is 7. The van der Waals surface area contributed by atoms with E-state index in [0.29, 0.717) is 12.3 Å². The summed E-state index contributed by atoms with van der Waals surface area (Å²) < 4.78 is 33.5. The van der Waals surface area contributed by atoms with Crippen molar-refractivity contribution in [1.82, 2.24) is 4.72 Å². The largest absolute Gasteiger partial charge is 0.478 e. The van der Waals surface area contributed by atoms with Gasteiger partial charge in [0.2, 0.25) is 10.0 Å². The van der Waals surface area contributed by atoms with Gasteiger partial charge in [-0.1, -0.05) is 12.8 Å². The molecule has 1 saturated heterocycles. The van der Waals surface area contributed by atoms with Gasteiger partial charge in [0.1, 0.15) is 4.90 Å².